The highest BCUT2D eigenvalue weighted by atomic mass is 16.5. The fourth-order valence-electron chi connectivity index (χ4n) is 2.81. The van der Waals surface area contributed by atoms with Crippen LogP contribution in [0.5, 0.6) is 0 Å². The number of aromatic nitrogens is 2. The van der Waals surface area contributed by atoms with Gasteiger partial charge in [-0.2, -0.15) is 0 Å². The Morgan fingerprint density at radius 3 is 2.71 bits per heavy atom. The van der Waals surface area contributed by atoms with Gasteiger partial charge in [0.05, 0.1) is 16.6 Å². The Labute approximate surface area is 141 Å². The van der Waals surface area contributed by atoms with E-state index in [1.54, 1.807) is 6.07 Å². The average Bonchev–Trinajstić information content (AvgIpc) is 2.96. The number of carbonyl (C=O) groups excluding carboxylic acids is 1. The molecule has 0 radical (unpaired) electrons. The second kappa shape index (κ2) is 6.83. The quantitative estimate of drug-likeness (QED) is 0.777. The molecule has 24 heavy (non-hydrogen) atoms. The summed E-state index contributed by atoms with van der Waals surface area (Å²) in [4.78, 5) is 16.6. The molecule has 2 heterocycles. The minimum atomic E-state index is -0.133. The molecule has 0 saturated heterocycles. The Kier molecular flexibility index (Phi) is 4.60. The van der Waals surface area contributed by atoms with Crippen molar-refractivity contribution >= 4 is 17.0 Å². The van der Waals surface area contributed by atoms with E-state index < -0.39 is 0 Å². The molecule has 1 N–H and O–H groups in total. The summed E-state index contributed by atoms with van der Waals surface area (Å²) in [6.45, 7) is 6.75. The number of nitrogens with zero attached hydrogens (tertiary/aromatic N) is 2. The van der Waals surface area contributed by atoms with Crippen molar-refractivity contribution in [3.8, 4) is 0 Å². The molecule has 1 amide bonds. The lowest BCUT2D eigenvalue weighted by molar-refractivity contribution is 0.0949. The summed E-state index contributed by atoms with van der Waals surface area (Å²) in [6, 6.07) is 12.0. The summed E-state index contributed by atoms with van der Waals surface area (Å²) in [5, 5.41) is 7.66. The van der Waals surface area contributed by atoms with E-state index >= 15 is 0 Å². The minimum absolute atomic E-state index is 0.133. The predicted molar refractivity (Wildman–Crippen MR) is 92.9 cm³/mol. The Hall–Kier alpha value is -2.69. The largest absolute Gasteiger partial charge is 0.351 e. The minimum Gasteiger partial charge on any atom is -0.351 e. The van der Waals surface area contributed by atoms with Crippen LogP contribution < -0.4 is 5.32 Å². The maximum Gasteiger partial charge on any atom is 0.257 e. The van der Waals surface area contributed by atoms with Gasteiger partial charge in [0.15, 0.2) is 0 Å². The first kappa shape index (κ1) is 16.2. The zero-order chi connectivity index (χ0) is 17.1. The maximum absolute atomic E-state index is 12.5. The molecule has 3 rings (SSSR count). The van der Waals surface area contributed by atoms with Gasteiger partial charge in [0, 0.05) is 18.7 Å². The topological polar surface area (TPSA) is 68.0 Å². The zero-order valence-electron chi connectivity index (χ0n) is 14.1. The molecular weight excluding hydrogens is 302 g/mol. The third-order valence-corrected chi connectivity index (χ3v) is 4.29. The van der Waals surface area contributed by atoms with Crippen LogP contribution in [-0.4, -0.2) is 22.6 Å². The normalized spacial score (nSPS) is 12.5. The van der Waals surface area contributed by atoms with Crippen LogP contribution in [0.1, 0.15) is 41.4 Å². The molecule has 1 aromatic carbocycles. The molecule has 0 saturated carbocycles. The Balaban J connectivity index is 1.74. The monoisotopic (exact) mass is 323 g/mol. The van der Waals surface area contributed by atoms with Gasteiger partial charge in [0.25, 0.3) is 11.6 Å². The van der Waals surface area contributed by atoms with Crippen molar-refractivity contribution in [1.29, 1.82) is 0 Å². The maximum atomic E-state index is 12.5. The fraction of sp³-hybridized carbons (Fsp3) is 0.316. The van der Waals surface area contributed by atoms with Crippen molar-refractivity contribution in [2.75, 3.05) is 6.54 Å². The van der Waals surface area contributed by atoms with Crippen LogP contribution >= 0.6 is 0 Å². The molecule has 1 atom stereocenters. The smallest absolute Gasteiger partial charge is 0.257 e. The molecule has 0 fully saturated rings. The number of hydrogen-bond donors (Lipinski definition) is 1. The third kappa shape index (κ3) is 3.30. The van der Waals surface area contributed by atoms with E-state index in [0.717, 1.165) is 11.1 Å². The van der Waals surface area contributed by atoms with E-state index in [-0.39, 0.29) is 11.8 Å². The summed E-state index contributed by atoms with van der Waals surface area (Å²) >= 11 is 0. The van der Waals surface area contributed by atoms with Crippen LogP contribution in [0.3, 0.4) is 0 Å². The predicted octanol–water partition coefficient (Wildman–Crippen LogP) is 3.70. The number of amides is 1. The molecule has 2 aromatic heterocycles. The van der Waals surface area contributed by atoms with Crippen molar-refractivity contribution < 1.29 is 9.32 Å². The molecule has 3 aromatic rings. The highest BCUT2D eigenvalue weighted by Crippen LogP contribution is 2.23. The van der Waals surface area contributed by atoms with Crippen molar-refractivity contribution in [1.82, 2.24) is 15.5 Å². The Bertz CT molecular complexity index is 840. The average molecular weight is 323 g/mol. The van der Waals surface area contributed by atoms with E-state index in [2.05, 4.69) is 41.4 Å². The SMILES string of the molecule is Cc1noc2ncc(C(=O)NC[C@H](c3ccccc3)C(C)C)cc12. The first-order valence-corrected chi connectivity index (χ1v) is 8.11. The van der Waals surface area contributed by atoms with E-state index in [0.29, 0.717) is 23.7 Å². The number of hydrogen-bond acceptors (Lipinski definition) is 4. The number of aryl methyl sites for hydroxylation is 1. The third-order valence-electron chi connectivity index (χ3n) is 4.29. The van der Waals surface area contributed by atoms with Crippen molar-refractivity contribution in [3.05, 3.63) is 59.4 Å². The standard InChI is InChI=1S/C19H21N3O2/c1-12(2)17(14-7-5-4-6-8-14)11-20-18(23)15-9-16-13(3)22-24-19(16)21-10-15/h4-10,12,17H,11H2,1-3H3,(H,20,23)/t17-/m0/s1. The van der Waals surface area contributed by atoms with Gasteiger partial charge in [-0.05, 0) is 24.5 Å². The zero-order valence-corrected chi connectivity index (χ0v) is 14.1. The number of carbonyl (C=O) groups is 1. The van der Waals surface area contributed by atoms with Gasteiger partial charge in [0.2, 0.25) is 0 Å². The number of fused-ring (bicyclic) bond motifs is 1. The van der Waals surface area contributed by atoms with E-state index in [4.69, 9.17) is 4.52 Å². The van der Waals surface area contributed by atoms with Crippen molar-refractivity contribution in [2.45, 2.75) is 26.7 Å². The summed E-state index contributed by atoms with van der Waals surface area (Å²) in [5.74, 6) is 0.560. The van der Waals surface area contributed by atoms with Gasteiger partial charge in [-0.25, -0.2) is 4.98 Å². The Morgan fingerprint density at radius 2 is 2.00 bits per heavy atom. The lowest BCUT2D eigenvalue weighted by Gasteiger charge is -2.21. The first-order valence-electron chi connectivity index (χ1n) is 8.11. The second-order valence-electron chi connectivity index (χ2n) is 6.32. The molecule has 0 aliphatic rings. The van der Waals surface area contributed by atoms with Gasteiger partial charge in [-0.3, -0.25) is 4.79 Å². The molecule has 5 heteroatoms. The molecule has 0 aliphatic heterocycles. The molecular formula is C19H21N3O2. The van der Waals surface area contributed by atoms with Crippen LogP contribution in [0.2, 0.25) is 0 Å². The molecule has 0 spiro atoms. The lowest BCUT2D eigenvalue weighted by atomic mass is 9.88. The summed E-state index contributed by atoms with van der Waals surface area (Å²) in [7, 11) is 0. The van der Waals surface area contributed by atoms with Crippen molar-refractivity contribution in [2.24, 2.45) is 5.92 Å². The summed E-state index contributed by atoms with van der Waals surface area (Å²) in [5.41, 5.74) is 2.94. The molecule has 124 valence electrons. The van der Waals surface area contributed by atoms with Gasteiger partial charge < -0.3 is 9.84 Å². The van der Waals surface area contributed by atoms with E-state index in [9.17, 15) is 4.79 Å². The molecule has 5 nitrogen and oxygen atoms in total. The van der Waals surface area contributed by atoms with Gasteiger partial charge in [0.1, 0.15) is 0 Å². The molecule has 0 aliphatic carbocycles. The molecule has 0 bridgehead atoms. The lowest BCUT2D eigenvalue weighted by Crippen LogP contribution is -2.30. The van der Waals surface area contributed by atoms with Crippen LogP contribution in [0.4, 0.5) is 0 Å². The highest BCUT2D eigenvalue weighted by Gasteiger charge is 2.18. The van der Waals surface area contributed by atoms with Crippen LogP contribution in [0.25, 0.3) is 11.1 Å². The second-order valence-corrected chi connectivity index (χ2v) is 6.32. The van der Waals surface area contributed by atoms with Gasteiger partial charge >= 0.3 is 0 Å². The van der Waals surface area contributed by atoms with Crippen LogP contribution in [-0.2, 0) is 0 Å². The van der Waals surface area contributed by atoms with Crippen LogP contribution in [0.15, 0.2) is 47.1 Å². The first-order chi connectivity index (χ1) is 11.6. The number of nitrogens with one attached hydrogen (secondary N) is 1. The highest BCUT2D eigenvalue weighted by molar-refractivity contribution is 5.96. The van der Waals surface area contributed by atoms with E-state index in [1.807, 2.05) is 25.1 Å². The van der Waals surface area contributed by atoms with Gasteiger partial charge in [-0.15, -0.1) is 0 Å². The summed E-state index contributed by atoms with van der Waals surface area (Å²) in [6.07, 6.45) is 1.52. The summed E-state index contributed by atoms with van der Waals surface area (Å²) < 4.78 is 5.08. The fourth-order valence-corrected chi connectivity index (χ4v) is 2.81. The number of pyridine rings is 1. The molecule has 0 unspecified atom stereocenters. The van der Waals surface area contributed by atoms with Crippen molar-refractivity contribution in [3.63, 3.8) is 0 Å². The number of rotatable bonds is 5. The van der Waals surface area contributed by atoms with Crippen LogP contribution in [0, 0.1) is 12.8 Å². The van der Waals surface area contributed by atoms with Gasteiger partial charge in [-0.1, -0.05) is 49.3 Å². The number of benzene rings is 1. The Morgan fingerprint density at radius 1 is 1.25 bits per heavy atom. The van der Waals surface area contributed by atoms with E-state index in [1.165, 1.54) is 11.8 Å².